The summed E-state index contributed by atoms with van der Waals surface area (Å²) in [6.07, 6.45) is 4.69. The lowest BCUT2D eigenvalue weighted by molar-refractivity contribution is -0.121. The Morgan fingerprint density at radius 1 is 1.38 bits per heavy atom. The Kier molecular flexibility index (Phi) is 5.52. The second-order valence-corrected chi connectivity index (χ2v) is 8.85. The summed E-state index contributed by atoms with van der Waals surface area (Å²) < 4.78 is 0.922. The third kappa shape index (κ3) is 3.96. The van der Waals surface area contributed by atoms with Crippen molar-refractivity contribution in [1.29, 1.82) is 5.26 Å². The number of thioether (sulfide) groups is 2. The summed E-state index contributed by atoms with van der Waals surface area (Å²) >= 11 is 3.15. The number of fused-ring (bicyclic) bond motifs is 1. The number of hydrogen-bond donors (Lipinski definition) is 1. The van der Waals surface area contributed by atoms with Crippen molar-refractivity contribution in [3.8, 4) is 6.07 Å². The number of para-hydroxylation sites is 1. The van der Waals surface area contributed by atoms with Crippen LogP contribution in [0.1, 0.15) is 44.6 Å². The molecule has 1 N–H and O–H groups in total. The standard InChI is InChI=1S/C18H21N3OS2/c1-13(16(22)21-18(12-19)9-5-2-6-10-18)24-17-20-15-8-4-3-7-14(15)11-23-17/h3-4,7-8,13H,2,5-6,9-11H2,1H3,(H,21,22). The van der Waals surface area contributed by atoms with E-state index in [2.05, 4.69) is 22.4 Å². The van der Waals surface area contributed by atoms with Crippen LogP contribution in [0.4, 0.5) is 5.69 Å². The average molecular weight is 360 g/mol. The Morgan fingerprint density at radius 3 is 2.88 bits per heavy atom. The summed E-state index contributed by atoms with van der Waals surface area (Å²) in [4.78, 5) is 17.2. The first-order valence-electron chi connectivity index (χ1n) is 8.31. The summed E-state index contributed by atoms with van der Waals surface area (Å²) in [6, 6.07) is 10.4. The van der Waals surface area contributed by atoms with Crippen molar-refractivity contribution in [2.75, 3.05) is 0 Å². The maximum Gasteiger partial charge on any atom is 0.234 e. The maximum absolute atomic E-state index is 12.5. The van der Waals surface area contributed by atoms with Crippen molar-refractivity contribution >= 4 is 39.5 Å². The van der Waals surface area contributed by atoms with E-state index in [0.29, 0.717) is 0 Å². The van der Waals surface area contributed by atoms with E-state index >= 15 is 0 Å². The molecule has 1 aromatic carbocycles. The molecule has 1 unspecified atom stereocenters. The van der Waals surface area contributed by atoms with Gasteiger partial charge in [-0.2, -0.15) is 5.26 Å². The Labute approximate surface area is 151 Å². The molecule has 1 aromatic rings. The minimum Gasteiger partial charge on any atom is -0.337 e. The molecule has 0 radical (unpaired) electrons. The van der Waals surface area contributed by atoms with Gasteiger partial charge in [0, 0.05) is 5.75 Å². The Morgan fingerprint density at radius 2 is 2.12 bits per heavy atom. The second kappa shape index (κ2) is 7.62. The van der Waals surface area contributed by atoms with Crippen molar-refractivity contribution in [3.63, 3.8) is 0 Å². The number of aliphatic imine (C=N–C) groups is 1. The van der Waals surface area contributed by atoms with Gasteiger partial charge in [0.1, 0.15) is 9.91 Å². The molecule has 1 fully saturated rings. The van der Waals surface area contributed by atoms with Crippen molar-refractivity contribution in [2.45, 2.75) is 55.6 Å². The molecule has 1 heterocycles. The molecule has 1 aliphatic carbocycles. The van der Waals surface area contributed by atoms with Crippen LogP contribution >= 0.6 is 23.5 Å². The number of nitrogens with one attached hydrogen (secondary N) is 1. The third-order valence-electron chi connectivity index (χ3n) is 4.48. The van der Waals surface area contributed by atoms with Gasteiger partial charge in [0.15, 0.2) is 0 Å². The zero-order valence-electron chi connectivity index (χ0n) is 13.7. The largest absolute Gasteiger partial charge is 0.337 e. The van der Waals surface area contributed by atoms with Crippen LogP contribution in [0, 0.1) is 11.3 Å². The van der Waals surface area contributed by atoms with E-state index in [4.69, 9.17) is 0 Å². The number of nitriles is 1. The van der Waals surface area contributed by atoms with Gasteiger partial charge in [-0.25, -0.2) is 4.99 Å². The van der Waals surface area contributed by atoms with Gasteiger partial charge in [-0.1, -0.05) is 61.0 Å². The molecule has 0 spiro atoms. The lowest BCUT2D eigenvalue weighted by Crippen LogP contribution is -2.51. The quantitative estimate of drug-likeness (QED) is 0.869. The SMILES string of the molecule is CC(SC1=Nc2ccccc2CS1)C(=O)NC1(C#N)CCCCC1. The smallest absolute Gasteiger partial charge is 0.234 e. The predicted molar refractivity (Wildman–Crippen MR) is 101 cm³/mol. The van der Waals surface area contributed by atoms with Gasteiger partial charge < -0.3 is 5.32 Å². The highest BCUT2D eigenvalue weighted by atomic mass is 32.2. The molecule has 1 atom stereocenters. The number of amides is 1. The van der Waals surface area contributed by atoms with E-state index in [1.807, 2.05) is 25.1 Å². The molecule has 1 saturated carbocycles. The molecular formula is C18H21N3OS2. The highest BCUT2D eigenvalue weighted by molar-refractivity contribution is 8.39. The molecule has 0 saturated heterocycles. The van der Waals surface area contributed by atoms with Crippen molar-refractivity contribution in [3.05, 3.63) is 29.8 Å². The highest BCUT2D eigenvalue weighted by Crippen LogP contribution is 2.36. The molecule has 1 amide bonds. The van der Waals surface area contributed by atoms with Gasteiger partial charge in [0.25, 0.3) is 0 Å². The average Bonchev–Trinajstić information content (AvgIpc) is 2.62. The zero-order chi connectivity index (χ0) is 17.0. The maximum atomic E-state index is 12.5. The van der Waals surface area contributed by atoms with E-state index in [1.165, 1.54) is 17.3 Å². The molecular weight excluding hydrogens is 338 g/mol. The summed E-state index contributed by atoms with van der Waals surface area (Å²) in [7, 11) is 0. The highest BCUT2D eigenvalue weighted by Gasteiger charge is 2.35. The predicted octanol–water partition coefficient (Wildman–Crippen LogP) is 4.39. The van der Waals surface area contributed by atoms with Crippen LogP contribution < -0.4 is 5.32 Å². The monoisotopic (exact) mass is 359 g/mol. The number of nitrogens with zero attached hydrogens (tertiary/aromatic N) is 2. The van der Waals surface area contributed by atoms with E-state index in [0.717, 1.165) is 47.9 Å². The fraction of sp³-hybridized carbons (Fsp3) is 0.500. The number of rotatable bonds is 3. The Bertz CT molecular complexity index is 690. The van der Waals surface area contributed by atoms with Gasteiger partial charge in [-0.3, -0.25) is 4.79 Å². The molecule has 3 rings (SSSR count). The summed E-state index contributed by atoms with van der Waals surface area (Å²) in [5.74, 6) is 0.823. The minimum absolute atomic E-state index is 0.0643. The third-order valence-corrected chi connectivity index (χ3v) is 6.78. The number of benzene rings is 1. The fourth-order valence-corrected chi connectivity index (χ4v) is 5.22. The minimum atomic E-state index is -0.668. The van der Waals surface area contributed by atoms with E-state index in [-0.39, 0.29) is 11.2 Å². The molecule has 24 heavy (non-hydrogen) atoms. The van der Waals surface area contributed by atoms with Gasteiger partial charge >= 0.3 is 0 Å². The van der Waals surface area contributed by atoms with Crippen molar-refractivity contribution < 1.29 is 4.79 Å². The van der Waals surface area contributed by atoms with Crippen LogP contribution in [0.25, 0.3) is 0 Å². The van der Waals surface area contributed by atoms with Crippen molar-refractivity contribution in [2.24, 2.45) is 4.99 Å². The van der Waals surface area contributed by atoms with E-state index in [9.17, 15) is 10.1 Å². The lowest BCUT2D eigenvalue weighted by Gasteiger charge is -2.32. The first-order chi connectivity index (χ1) is 11.6. The summed E-state index contributed by atoms with van der Waals surface area (Å²) in [6.45, 7) is 1.89. The number of carbonyl (C=O) groups excluding carboxylic acids is 1. The molecule has 6 heteroatoms. The van der Waals surface area contributed by atoms with Crippen LogP contribution in [-0.4, -0.2) is 21.1 Å². The molecule has 0 aromatic heterocycles. The topological polar surface area (TPSA) is 65.2 Å². The van der Waals surface area contributed by atoms with Gasteiger partial charge in [0.05, 0.1) is 17.0 Å². The molecule has 126 valence electrons. The first kappa shape index (κ1) is 17.4. The van der Waals surface area contributed by atoms with Crippen molar-refractivity contribution in [1.82, 2.24) is 5.32 Å². The van der Waals surface area contributed by atoms with Crippen LogP contribution in [0.5, 0.6) is 0 Å². The number of hydrogen-bond acceptors (Lipinski definition) is 5. The normalized spacial score (nSPS) is 20.2. The summed E-state index contributed by atoms with van der Waals surface area (Å²) in [5, 5.41) is 12.3. The van der Waals surface area contributed by atoms with Gasteiger partial charge in [-0.05, 0) is 31.4 Å². The van der Waals surface area contributed by atoms with Crippen LogP contribution in [0.15, 0.2) is 29.3 Å². The molecule has 1 aliphatic heterocycles. The number of carbonyl (C=O) groups is 1. The van der Waals surface area contributed by atoms with Crippen LogP contribution in [0.2, 0.25) is 0 Å². The van der Waals surface area contributed by atoms with Gasteiger partial charge in [-0.15, -0.1) is 0 Å². The zero-order valence-corrected chi connectivity index (χ0v) is 15.4. The molecule has 2 aliphatic rings. The second-order valence-electron chi connectivity index (χ2n) is 6.30. The Hall–Kier alpha value is -1.45. The van der Waals surface area contributed by atoms with Gasteiger partial charge in [0.2, 0.25) is 5.91 Å². The first-order valence-corrected chi connectivity index (χ1v) is 10.2. The lowest BCUT2D eigenvalue weighted by atomic mass is 9.83. The van der Waals surface area contributed by atoms with Crippen LogP contribution in [0.3, 0.4) is 0 Å². The molecule has 4 nitrogen and oxygen atoms in total. The van der Waals surface area contributed by atoms with E-state index < -0.39 is 5.54 Å². The van der Waals surface area contributed by atoms with Crippen LogP contribution in [-0.2, 0) is 10.5 Å². The fourth-order valence-electron chi connectivity index (χ4n) is 3.03. The molecule has 0 bridgehead atoms. The van der Waals surface area contributed by atoms with E-state index in [1.54, 1.807) is 11.8 Å². The Balaban J connectivity index is 1.63. The summed E-state index contributed by atoms with van der Waals surface area (Å²) in [5.41, 5.74) is 1.56.